The molecule has 0 aliphatic carbocycles. The molecule has 2 rings (SSSR count). The van der Waals surface area contributed by atoms with Crippen molar-refractivity contribution in [1.82, 2.24) is 4.98 Å². The third-order valence-corrected chi connectivity index (χ3v) is 2.57. The van der Waals surface area contributed by atoms with Gasteiger partial charge in [-0.05, 0) is 30.2 Å². The molecule has 2 aromatic rings. The molecule has 0 saturated carbocycles. The van der Waals surface area contributed by atoms with Crippen LogP contribution in [-0.4, -0.2) is 22.7 Å². The molecule has 0 aliphatic heterocycles. The van der Waals surface area contributed by atoms with Gasteiger partial charge < -0.3 is 15.6 Å². The number of ether oxygens (including phenoxy) is 1. The molecule has 20 heavy (non-hydrogen) atoms. The Kier molecular flexibility index (Phi) is 6.38. The number of rotatable bonds is 5. The van der Waals surface area contributed by atoms with E-state index in [1.165, 1.54) is 12.1 Å². The highest BCUT2D eigenvalue weighted by molar-refractivity contribution is 5.85. The number of aliphatic hydroxyl groups is 1. The topological polar surface area (TPSA) is 68.4 Å². The Hall–Kier alpha value is -1.69. The maximum absolute atomic E-state index is 12.9. The predicted molar refractivity (Wildman–Crippen MR) is 76.7 cm³/mol. The number of hydrogen-bond donors (Lipinski definition) is 2. The van der Waals surface area contributed by atoms with E-state index in [2.05, 4.69) is 4.98 Å². The number of aliphatic hydroxyl groups excluding tert-OH is 1. The molecule has 0 amide bonds. The Bertz CT molecular complexity index is 537. The minimum atomic E-state index is -0.581. The second-order valence-corrected chi connectivity index (χ2v) is 4.19. The molecular weight excluding hydrogens is 283 g/mol. The zero-order valence-electron chi connectivity index (χ0n) is 10.7. The first kappa shape index (κ1) is 16.4. The smallest absolute Gasteiger partial charge is 0.221 e. The molecule has 0 spiro atoms. The fraction of sp³-hybridized carbons (Fsp3) is 0.214. The van der Waals surface area contributed by atoms with E-state index in [1.807, 2.05) is 12.1 Å². The summed E-state index contributed by atoms with van der Waals surface area (Å²) in [5, 5.41) is 8.88. The summed E-state index contributed by atoms with van der Waals surface area (Å²) in [5.41, 5.74) is 6.65. The summed E-state index contributed by atoms with van der Waals surface area (Å²) in [6.45, 7) is -0.0501. The molecule has 1 aromatic carbocycles. The number of nitrogens with zero attached hydrogens (tertiary/aromatic N) is 1. The van der Waals surface area contributed by atoms with Crippen molar-refractivity contribution in [2.75, 3.05) is 6.61 Å². The van der Waals surface area contributed by atoms with E-state index in [1.54, 1.807) is 18.2 Å². The second kappa shape index (κ2) is 7.79. The van der Waals surface area contributed by atoms with Crippen molar-refractivity contribution in [2.24, 2.45) is 5.73 Å². The van der Waals surface area contributed by atoms with Crippen LogP contribution in [0.15, 0.2) is 42.5 Å². The molecule has 1 aromatic heterocycles. The quantitative estimate of drug-likeness (QED) is 0.831. The lowest BCUT2D eigenvalue weighted by Gasteiger charge is -2.09. The van der Waals surface area contributed by atoms with E-state index in [9.17, 15) is 4.39 Å². The van der Waals surface area contributed by atoms with E-state index in [-0.39, 0.29) is 30.9 Å². The van der Waals surface area contributed by atoms with Crippen molar-refractivity contribution in [2.45, 2.75) is 12.5 Å². The molecule has 0 saturated heterocycles. The van der Waals surface area contributed by atoms with Gasteiger partial charge in [0.05, 0.1) is 6.61 Å². The first-order valence-corrected chi connectivity index (χ1v) is 5.93. The SMILES string of the molecule is Cl.N[C@H](CO)Cc1ccc(Oc2cccc(F)n2)cc1. The minimum Gasteiger partial charge on any atom is -0.439 e. The van der Waals surface area contributed by atoms with Gasteiger partial charge in [0, 0.05) is 12.1 Å². The van der Waals surface area contributed by atoms with Crippen LogP contribution in [0.5, 0.6) is 11.6 Å². The Labute approximate surface area is 122 Å². The Morgan fingerprint density at radius 1 is 1.20 bits per heavy atom. The number of pyridine rings is 1. The van der Waals surface area contributed by atoms with Crippen LogP contribution in [0.25, 0.3) is 0 Å². The van der Waals surface area contributed by atoms with Crippen LogP contribution < -0.4 is 10.5 Å². The third-order valence-electron chi connectivity index (χ3n) is 2.57. The molecule has 1 heterocycles. The number of nitrogens with two attached hydrogens (primary N) is 1. The van der Waals surface area contributed by atoms with E-state index in [0.29, 0.717) is 12.2 Å². The van der Waals surface area contributed by atoms with E-state index < -0.39 is 5.95 Å². The maximum atomic E-state index is 12.9. The van der Waals surface area contributed by atoms with Gasteiger partial charge in [-0.2, -0.15) is 9.37 Å². The van der Waals surface area contributed by atoms with Crippen molar-refractivity contribution in [3.8, 4) is 11.6 Å². The highest BCUT2D eigenvalue weighted by atomic mass is 35.5. The highest BCUT2D eigenvalue weighted by Gasteiger charge is 2.04. The van der Waals surface area contributed by atoms with E-state index >= 15 is 0 Å². The first-order chi connectivity index (χ1) is 9.17. The van der Waals surface area contributed by atoms with Gasteiger partial charge in [-0.25, -0.2) is 0 Å². The average molecular weight is 299 g/mol. The molecule has 0 aliphatic rings. The van der Waals surface area contributed by atoms with Gasteiger partial charge in [0.1, 0.15) is 5.75 Å². The van der Waals surface area contributed by atoms with E-state index in [0.717, 1.165) is 5.56 Å². The zero-order valence-corrected chi connectivity index (χ0v) is 11.5. The summed E-state index contributed by atoms with van der Waals surface area (Å²) in [4.78, 5) is 3.61. The fourth-order valence-electron chi connectivity index (χ4n) is 1.63. The molecular formula is C14H16ClFN2O2. The molecule has 0 radical (unpaired) electrons. The van der Waals surface area contributed by atoms with Gasteiger partial charge in [-0.15, -0.1) is 12.4 Å². The summed E-state index contributed by atoms with van der Waals surface area (Å²) in [6, 6.07) is 11.3. The highest BCUT2D eigenvalue weighted by Crippen LogP contribution is 2.20. The molecule has 3 N–H and O–H groups in total. The van der Waals surface area contributed by atoms with Gasteiger partial charge in [0.15, 0.2) is 0 Å². The van der Waals surface area contributed by atoms with Gasteiger partial charge in [-0.3, -0.25) is 0 Å². The largest absolute Gasteiger partial charge is 0.439 e. The van der Waals surface area contributed by atoms with Crippen molar-refractivity contribution in [3.63, 3.8) is 0 Å². The third kappa shape index (κ3) is 4.77. The average Bonchev–Trinajstić information content (AvgIpc) is 2.41. The molecule has 108 valence electrons. The lowest BCUT2D eigenvalue weighted by molar-refractivity contribution is 0.265. The van der Waals surface area contributed by atoms with Crippen LogP contribution in [0.2, 0.25) is 0 Å². The minimum absolute atomic E-state index is 0. The van der Waals surface area contributed by atoms with Crippen molar-refractivity contribution in [1.29, 1.82) is 0 Å². The van der Waals surface area contributed by atoms with Gasteiger partial charge in [-0.1, -0.05) is 18.2 Å². The molecule has 0 unspecified atom stereocenters. The Morgan fingerprint density at radius 2 is 1.90 bits per heavy atom. The standard InChI is InChI=1S/C14H15FN2O2.ClH/c15-13-2-1-3-14(17-13)19-12-6-4-10(5-7-12)8-11(16)9-18;/h1-7,11,18H,8-9,16H2;1H/t11-;/m0./s1. The van der Waals surface area contributed by atoms with Crippen molar-refractivity contribution in [3.05, 3.63) is 54.0 Å². The predicted octanol–water partition coefficient (Wildman–Crippen LogP) is 2.30. The molecule has 4 nitrogen and oxygen atoms in total. The first-order valence-electron chi connectivity index (χ1n) is 5.93. The number of hydrogen-bond acceptors (Lipinski definition) is 4. The molecule has 1 atom stereocenters. The summed E-state index contributed by atoms with van der Waals surface area (Å²) >= 11 is 0. The van der Waals surface area contributed by atoms with Crippen LogP contribution >= 0.6 is 12.4 Å². The number of benzene rings is 1. The second-order valence-electron chi connectivity index (χ2n) is 4.19. The molecule has 0 bridgehead atoms. The van der Waals surface area contributed by atoms with Crippen molar-refractivity contribution >= 4 is 12.4 Å². The fourth-order valence-corrected chi connectivity index (χ4v) is 1.63. The van der Waals surface area contributed by atoms with Crippen molar-refractivity contribution < 1.29 is 14.2 Å². The number of halogens is 2. The monoisotopic (exact) mass is 298 g/mol. The lowest BCUT2D eigenvalue weighted by Crippen LogP contribution is -2.26. The van der Waals surface area contributed by atoms with Gasteiger partial charge in [0.25, 0.3) is 0 Å². The van der Waals surface area contributed by atoms with Gasteiger partial charge >= 0.3 is 0 Å². The zero-order chi connectivity index (χ0) is 13.7. The Morgan fingerprint density at radius 3 is 2.50 bits per heavy atom. The van der Waals surface area contributed by atoms with Crippen LogP contribution in [0, 0.1) is 5.95 Å². The normalized spacial score (nSPS) is 11.6. The number of aromatic nitrogens is 1. The molecule has 6 heteroatoms. The maximum Gasteiger partial charge on any atom is 0.221 e. The summed E-state index contributed by atoms with van der Waals surface area (Å²) < 4.78 is 18.3. The van der Waals surface area contributed by atoms with E-state index in [4.69, 9.17) is 15.6 Å². The molecule has 0 fully saturated rings. The Balaban J connectivity index is 0.00000200. The lowest BCUT2D eigenvalue weighted by atomic mass is 10.1. The van der Waals surface area contributed by atoms with Crippen LogP contribution in [0.3, 0.4) is 0 Å². The summed E-state index contributed by atoms with van der Waals surface area (Å²) in [5.74, 6) is 0.197. The van der Waals surface area contributed by atoms with Crippen LogP contribution in [-0.2, 0) is 6.42 Å². The summed E-state index contributed by atoms with van der Waals surface area (Å²) in [6.07, 6.45) is 0.592. The summed E-state index contributed by atoms with van der Waals surface area (Å²) in [7, 11) is 0. The van der Waals surface area contributed by atoms with Crippen LogP contribution in [0.1, 0.15) is 5.56 Å². The van der Waals surface area contributed by atoms with Crippen LogP contribution in [0.4, 0.5) is 4.39 Å². The van der Waals surface area contributed by atoms with Gasteiger partial charge in [0.2, 0.25) is 11.8 Å².